The predicted molar refractivity (Wildman–Crippen MR) is 81.3 cm³/mol. The van der Waals surface area contributed by atoms with E-state index in [9.17, 15) is 0 Å². The van der Waals surface area contributed by atoms with Gasteiger partial charge in [-0.05, 0) is 35.9 Å². The average Bonchev–Trinajstić information content (AvgIpc) is 2.87. The van der Waals surface area contributed by atoms with Crippen LogP contribution in [0.4, 0.5) is 0 Å². The maximum atomic E-state index is 6.53. The first-order valence-corrected chi connectivity index (χ1v) is 7.65. The Morgan fingerprint density at radius 2 is 2.05 bits per heavy atom. The van der Waals surface area contributed by atoms with Crippen LogP contribution in [0.2, 0.25) is 0 Å². The number of benzene rings is 1. The van der Waals surface area contributed by atoms with Crippen LogP contribution in [0.3, 0.4) is 0 Å². The molecular formula is C16H20N2S. The summed E-state index contributed by atoms with van der Waals surface area (Å²) in [6.45, 7) is 5.20. The van der Waals surface area contributed by atoms with Crippen molar-refractivity contribution >= 4 is 11.3 Å². The van der Waals surface area contributed by atoms with Gasteiger partial charge in [-0.3, -0.25) is 4.90 Å². The van der Waals surface area contributed by atoms with Gasteiger partial charge in [0.2, 0.25) is 0 Å². The van der Waals surface area contributed by atoms with Gasteiger partial charge in [-0.25, -0.2) is 0 Å². The zero-order valence-corrected chi connectivity index (χ0v) is 12.1. The van der Waals surface area contributed by atoms with Gasteiger partial charge in [0, 0.05) is 24.5 Å². The Kier molecular flexibility index (Phi) is 3.44. The van der Waals surface area contributed by atoms with Crippen LogP contribution in [-0.4, -0.2) is 18.0 Å². The van der Waals surface area contributed by atoms with Crippen LogP contribution in [0, 0.1) is 0 Å². The molecule has 1 unspecified atom stereocenters. The summed E-state index contributed by atoms with van der Waals surface area (Å²) in [7, 11) is 0. The molecule has 1 aliphatic rings. The van der Waals surface area contributed by atoms with Crippen molar-refractivity contribution in [2.24, 2.45) is 5.73 Å². The Bertz CT molecular complexity index is 545. The van der Waals surface area contributed by atoms with Crippen molar-refractivity contribution in [2.45, 2.75) is 25.4 Å². The van der Waals surface area contributed by atoms with Crippen molar-refractivity contribution in [1.82, 2.24) is 4.90 Å². The van der Waals surface area contributed by atoms with E-state index >= 15 is 0 Å². The van der Waals surface area contributed by atoms with Gasteiger partial charge in [0.05, 0.1) is 5.54 Å². The van der Waals surface area contributed by atoms with E-state index in [1.54, 1.807) is 4.88 Å². The molecule has 2 N–H and O–H groups in total. The maximum Gasteiger partial charge on any atom is 0.0510 e. The second kappa shape index (κ2) is 5.08. The summed E-state index contributed by atoms with van der Waals surface area (Å²) < 4.78 is 0. The number of rotatable bonds is 3. The highest BCUT2D eigenvalue weighted by Crippen LogP contribution is 2.26. The van der Waals surface area contributed by atoms with Crippen molar-refractivity contribution in [3.63, 3.8) is 0 Å². The molecule has 3 heteroatoms. The largest absolute Gasteiger partial charge is 0.321 e. The molecule has 1 atom stereocenters. The Morgan fingerprint density at radius 3 is 2.84 bits per heavy atom. The number of hydrogen-bond acceptors (Lipinski definition) is 3. The quantitative estimate of drug-likeness (QED) is 0.930. The number of nitrogens with zero attached hydrogens (tertiary/aromatic N) is 1. The predicted octanol–water partition coefficient (Wildman–Crippen LogP) is 2.98. The summed E-state index contributed by atoms with van der Waals surface area (Å²) in [6, 6.07) is 12.7. The number of nitrogens with two attached hydrogens (primary N) is 1. The lowest BCUT2D eigenvalue weighted by molar-refractivity contribution is 0.202. The zero-order valence-electron chi connectivity index (χ0n) is 11.3. The smallest absolute Gasteiger partial charge is 0.0510 e. The fourth-order valence-corrected chi connectivity index (χ4v) is 3.71. The molecule has 0 saturated carbocycles. The van der Waals surface area contributed by atoms with Gasteiger partial charge in [0.25, 0.3) is 0 Å². The Morgan fingerprint density at radius 1 is 1.26 bits per heavy atom. The third-order valence-corrected chi connectivity index (χ3v) is 4.90. The summed E-state index contributed by atoms with van der Waals surface area (Å²) in [4.78, 5) is 4.02. The normalized spacial score (nSPS) is 18.8. The molecule has 3 rings (SSSR count). The average molecular weight is 272 g/mol. The molecule has 100 valence electrons. The first kappa shape index (κ1) is 12.9. The first-order valence-electron chi connectivity index (χ1n) is 6.77. The highest BCUT2D eigenvalue weighted by molar-refractivity contribution is 7.10. The van der Waals surface area contributed by atoms with Crippen molar-refractivity contribution in [3.8, 4) is 0 Å². The van der Waals surface area contributed by atoms with Gasteiger partial charge in [0.15, 0.2) is 0 Å². The molecule has 2 heterocycles. The van der Waals surface area contributed by atoms with E-state index in [4.69, 9.17) is 5.73 Å². The van der Waals surface area contributed by atoms with Crippen LogP contribution in [-0.2, 0) is 18.5 Å². The second-order valence-corrected chi connectivity index (χ2v) is 6.61. The van der Waals surface area contributed by atoms with E-state index in [1.165, 1.54) is 11.1 Å². The van der Waals surface area contributed by atoms with Gasteiger partial charge >= 0.3 is 0 Å². The molecule has 0 amide bonds. The number of hydrogen-bond donors (Lipinski definition) is 1. The monoisotopic (exact) mass is 272 g/mol. The third kappa shape index (κ3) is 2.73. The number of fused-ring (bicyclic) bond motifs is 1. The molecule has 1 aliphatic heterocycles. The van der Waals surface area contributed by atoms with Gasteiger partial charge in [-0.2, -0.15) is 0 Å². The van der Waals surface area contributed by atoms with E-state index in [2.05, 4.69) is 47.5 Å². The zero-order chi connectivity index (χ0) is 13.3. The fraction of sp³-hybridized carbons (Fsp3) is 0.375. The molecule has 0 aliphatic carbocycles. The molecule has 0 saturated heterocycles. The van der Waals surface area contributed by atoms with Crippen LogP contribution in [0.5, 0.6) is 0 Å². The lowest BCUT2D eigenvalue weighted by atomic mass is 9.92. The summed E-state index contributed by atoms with van der Waals surface area (Å²) in [5.74, 6) is 0. The van der Waals surface area contributed by atoms with Crippen molar-refractivity contribution in [1.29, 1.82) is 0 Å². The maximum absolute atomic E-state index is 6.53. The van der Waals surface area contributed by atoms with E-state index in [-0.39, 0.29) is 5.54 Å². The third-order valence-electron chi connectivity index (χ3n) is 3.87. The lowest BCUT2D eigenvalue weighted by Crippen LogP contribution is -2.46. The molecule has 19 heavy (non-hydrogen) atoms. The van der Waals surface area contributed by atoms with E-state index in [0.29, 0.717) is 0 Å². The van der Waals surface area contributed by atoms with Crippen LogP contribution >= 0.6 is 11.3 Å². The first-order chi connectivity index (χ1) is 9.15. The van der Waals surface area contributed by atoms with Crippen LogP contribution in [0.1, 0.15) is 22.9 Å². The standard InChI is InChI=1S/C16H20N2S/c1-16(17,14-5-3-2-4-6-14)12-18-9-7-15-13(11-18)8-10-19-15/h2-6,8,10H,7,9,11-12,17H2,1H3. The van der Waals surface area contributed by atoms with Crippen LogP contribution < -0.4 is 5.73 Å². The lowest BCUT2D eigenvalue weighted by Gasteiger charge is -2.35. The van der Waals surface area contributed by atoms with Crippen molar-refractivity contribution < 1.29 is 0 Å². The molecule has 0 bridgehead atoms. The molecule has 0 fully saturated rings. The summed E-state index contributed by atoms with van der Waals surface area (Å²) >= 11 is 1.88. The van der Waals surface area contributed by atoms with Gasteiger partial charge in [-0.1, -0.05) is 30.3 Å². The van der Waals surface area contributed by atoms with E-state index in [0.717, 1.165) is 26.1 Å². The second-order valence-electron chi connectivity index (χ2n) is 5.61. The van der Waals surface area contributed by atoms with Gasteiger partial charge < -0.3 is 5.73 Å². The summed E-state index contributed by atoms with van der Waals surface area (Å²) in [6.07, 6.45) is 1.16. The highest BCUT2D eigenvalue weighted by atomic mass is 32.1. The molecule has 2 aromatic rings. The molecule has 0 spiro atoms. The van der Waals surface area contributed by atoms with Crippen LogP contribution in [0.15, 0.2) is 41.8 Å². The Balaban J connectivity index is 1.72. The van der Waals surface area contributed by atoms with Gasteiger partial charge in [0.1, 0.15) is 0 Å². The number of thiophene rings is 1. The van der Waals surface area contributed by atoms with Crippen molar-refractivity contribution in [2.75, 3.05) is 13.1 Å². The van der Waals surface area contributed by atoms with Gasteiger partial charge in [-0.15, -0.1) is 11.3 Å². The summed E-state index contributed by atoms with van der Waals surface area (Å²) in [5, 5.41) is 2.20. The molecule has 1 aromatic carbocycles. The molecule has 1 aromatic heterocycles. The van der Waals surface area contributed by atoms with Crippen molar-refractivity contribution in [3.05, 3.63) is 57.8 Å². The van der Waals surface area contributed by atoms with E-state index in [1.807, 2.05) is 17.4 Å². The molecular weight excluding hydrogens is 252 g/mol. The molecule has 2 nitrogen and oxygen atoms in total. The Labute approximate surface area is 118 Å². The SMILES string of the molecule is CC(N)(CN1CCc2sccc2C1)c1ccccc1. The minimum Gasteiger partial charge on any atom is -0.321 e. The topological polar surface area (TPSA) is 29.3 Å². The Hall–Kier alpha value is -1.16. The molecule has 0 radical (unpaired) electrons. The summed E-state index contributed by atoms with van der Waals surface area (Å²) in [5.41, 5.74) is 8.94. The van der Waals surface area contributed by atoms with E-state index < -0.39 is 0 Å². The minimum atomic E-state index is -0.283. The highest BCUT2D eigenvalue weighted by Gasteiger charge is 2.26. The minimum absolute atomic E-state index is 0.283. The van der Waals surface area contributed by atoms with Crippen LogP contribution in [0.25, 0.3) is 0 Å². The fourth-order valence-electron chi connectivity index (χ4n) is 2.82.